The van der Waals surface area contributed by atoms with Crippen molar-refractivity contribution in [1.82, 2.24) is 9.78 Å². The van der Waals surface area contributed by atoms with Crippen molar-refractivity contribution >= 4 is 23.2 Å². The fourth-order valence-electron chi connectivity index (χ4n) is 4.68. The Morgan fingerprint density at radius 2 is 1.82 bits per heavy atom. The molecule has 2 aliphatic rings. The van der Waals surface area contributed by atoms with Crippen LogP contribution in [0.15, 0.2) is 66.0 Å². The summed E-state index contributed by atoms with van der Waals surface area (Å²) >= 11 is 0. The number of phenols is 1. The number of rotatable bonds is 3. The highest BCUT2D eigenvalue weighted by molar-refractivity contribution is 6.08. The highest BCUT2D eigenvalue weighted by Crippen LogP contribution is 2.46. The Bertz CT molecular complexity index is 1280. The van der Waals surface area contributed by atoms with Gasteiger partial charge in [0, 0.05) is 23.4 Å². The molecule has 1 atom stereocenters. The number of aryl methyl sites for hydroxylation is 1. The van der Waals surface area contributed by atoms with Gasteiger partial charge in [0.05, 0.1) is 6.20 Å². The van der Waals surface area contributed by atoms with Crippen LogP contribution in [-0.4, -0.2) is 26.6 Å². The Morgan fingerprint density at radius 3 is 2.52 bits per heavy atom. The second-order valence-corrected chi connectivity index (χ2v) is 9.62. The summed E-state index contributed by atoms with van der Waals surface area (Å²) in [6.07, 6.45) is 2.67. The van der Waals surface area contributed by atoms with Gasteiger partial charge in [-0.25, -0.2) is 4.68 Å². The second kappa shape index (κ2) is 7.62. The van der Waals surface area contributed by atoms with E-state index in [2.05, 4.69) is 29.6 Å². The normalized spacial score (nSPS) is 18.9. The lowest BCUT2D eigenvalue weighted by atomic mass is 9.73. The third-order valence-corrected chi connectivity index (χ3v) is 6.27. The van der Waals surface area contributed by atoms with Crippen molar-refractivity contribution in [3.8, 4) is 5.75 Å². The van der Waals surface area contributed by atoms with Gasteiger partial charge in [0.1, 0.15) is 23.2 Å². The van der Waals surface area contributed by atoms with E-state index in [1.807, 2.05) is 31.2 Å². The summed E-state index contributed by atoms with van der Waals surface area (Å²) in [6, 6.07) is 13.9. The maximum absolute atomic E-state index is 13.2. The van der Waals surface area contributed by atoms with E-state index >= 15 is 0 Å². The van der Waals surface area contributed by atoms with Gasteiger partial charge in [0.2, 0.25) is 0 Å². The van der Waals surface area contributed by atoms with Crippen LogP contribution < -0.4 is 10.6 Å². The number of nitrogens with one attached hydrogen (secondary N) is 2. The number of aromatic hydroxyl groups is 1. The molecule has 5 rings (SSSR count). The lowest BCUT2D eigenvalue weighted by Gasteiger charge is -2.39. The van der Waals surface area contributed by atoms with Crippen LogP contribution in [0.5, 0.6) is 5.75 Å². The first kappa shape index (κ1) is 21.0. The summed E-state index contributed by atoms with van der Waals surface area (Å²) in [4.78, 5) is 26.4. The first-order valence-corrected chi connectivity index (χ1v) is 11.0. The molecule has 33 heavy (non-hydrogen) atoms. The minimum Gasteiger partial charge on any atom is -0.508 e. The molecule has 0 bridgehead atoms. The molecule has 2 heterocycles. The molecule has 3 N–H and O–H groups in total. The summed E-state index contributed by atoms with van der Waals surface area (Å²) in [5.41, 5.74) is 4.34. The predicted octanol–water partition coefficient (Wildman–Crippen LogP) is 4.81. The van der Waals surface area contributed by atoms with E-state index in [-0.39, 0.29) is 22.9 Å². The molecule has 7 heteroatoms. The van der Waals surface area contributed by atoms with E-state index < -0.39 is 6.04 Å². The fraction of sp³-hybridized carbons (Fsp3) is 0.269. The number of nitrogens with zero attached hydrogens (tertiary/aromatic N) is 2. The van der Waals surface area contributed by atoms with Crippen molar-refractivity contribution in [1.29, 1.82) is 0 Å². The molecule has 3 aromatic rings. The van der Waals surface area contributed by atoms with Crippen LogP contribution in [0.2, 0.25) is 0 Å². The van der Waals surface area contributed by atoms with Gasteiger partial charge >= 0.3 is 0 Å². The number of Topliss-reactive ketones (excluding diaryl/α,β-unsaturated/α-hetero) is 1. The smallest absolute Gasteiger partial charge is 0.261 e. The molecule has 7 nitrogen and oxygen atoms in total. The van der Waals surface area contributed by atoms with Gasteiger partial charge in [0.15, 0.2) is 5.78 Å². The van der Waals surface area contributed by atoms with E-state index in [9.17, 15) is 14.7 Å². The Labute approximate surface area is 192 Å². The molecule has 0 spiro atoms. The molecule has 168 valence electrons. The summed E-state index contributed by atoms with van der Waals surface area (Å²) in [6.45, 7) is 6.14. The van der Waals surface area contributed by atoms with Gasteiger partial charge in [-0.05, 0) is 48.6 Å². The lowest BCUT2D eigenvalue weighted by molar-refractivity contribution is -0.118. The van der Waals surface area contributed by atoms with Crippen molar-refractivity contribution in [2.75, 3.05) is 10.6 Å². The number of phenolic OH excluding ortho intramolecular Hbond substituents is 1. The predicted molar refractivity (Wildman–Crippen MR) is 126 cm³/mol. The Kier molecular flexibility index (Phi) is 4.85. The minimum atomic E-state index is -0.471. The zero-order valence-electron chi connectivity index (χ0n) is 18.8. The minimum absolute atomic E-state index is 0.0682. The van der Waals surface area contributed by atoms with Crippen molar-refractivity contribution < 1.29 is 14.7 Å². The summed E-state index contributed by atoms with van der Waals surface area (Å²) in [5.74, 6) is 0.500. The molecule has 0 unspecified atom stereocenters. The second-order valence-electron chi connectivity index (χ2n) is 9.62. The number of amides is 1. The number of allylic oxidation sites excluding steroid dienone is 2. The average Bonchev–Trinajstić information content (AvgIpc) is 3.17. The number of anilines is 2. The van der Waals surface area contributed by atoms with Crippen LogP contribution >= 0.6 is 0 Å². The fourth-order valence-corrected chi connectivity index (χ4v) is 4.68. The Hall–Kier alpha value is -3.87. The van der Waals surface area contributed by atoms with Gasteiger partial charge in [-0.1, -0.05) is 43.7 Å². The topological polar surface area (TPSA) is 96.3 Å². The number of benzene rings is 2. The Morgan fingerprint density at radius 1 is 1.12 bits per heavy atom. The van der Waals surface area contributed by atoms with Crippen molar-refractivity contribution in [3.63, 3.8) is 0 Å². The molecule has 0 fully saturated rings. The third kappa shape index (κ3) is 3.80. The van der Waals surface area contributed by atoms with E-state index in [0.717, 1.165) is 16.8 Å². The zero-order chi connectivity index (χ0) is 23.3. The van der Waals surface area contributed by atoms with Crippen LogP contribution in [0.4, 0.5) is 11.5 Å². The largest absolute Gasteiger partial charge is 0.508 e. The van der Waals surface area contributed by atoms with Crippen molar-refractivity contribution in [3.05, 3.63) is 82.7 Å². The maximum atomic E-state index is 13.2. The molecule has 1 aliphatic carbocycles. The lowest BCUT2D eigenvalue weighted by Crippen LogP contribution is -2.36. The van der Waals surface area contributed by atoms with Gasteiger partial charge in [-0.3, -0.25) is 9.59 Å². The van der Waals surface area contributed by atoms with Crippen molar-refractivity contribution in [2.45, 2.75) is 39.7 Å². The van der Waals surface area contributed by atoms with Crippen LogP contribution in [0.3, 0.4) is 0 Å². The summed E-state index contributed by atoms with van der Waals surface area (Å²) < 4.78 is 1.70. The Balaban J connectivity index is 1.58. The average molecular weight is 443 g/mol. The molecule has 1 amide bonds. The first-order valence-electron chi connectivity index (χ1n) is 11.0. The number of carbonyl (C=O) groups is 2. The zero-order valence-corrected chi connectivity index (χ0v) is 18.8. The number of aromatic nitrogens is 2. The molecule has 0 saturated carbocycles. The SMILES string of the molecule is Cc1ccc(NC(=O)c2cnn3c2NC2=C(C(=O)CC(C)(C)C2)[C@@H]3c2ccc(O)cc2)cc1. The van der Waals surface area contributed by atoms with Crippen LogP contribution in [0.1, 0.15) is 54.2 Å². The quantitative estimate of drug-likeness (QED) is 0.541. The molecule has 0 radical (unpaired) electrons. The van der Waals surface area contributed by atoms with E-state index in [4.69, 9.17) is 0 Å². The first-order chi connectivity index (χ1) is 15.7. The summed E-state index contributed by atoms with van der Waals surface area (Å²) in [5, 5.41) is 20.6. The van der Waals surface area contributed by atoms with Crippen LogP contribution in [0.25, 0.3) is 0 Å². The van der Waals surface area contributed by atoms with Crippen LogP contribution in [0, 0.1) is 12.3 Å². The summed E-state index contributed by atoms with van der Waals surface area (Å²) in [7, 11) is 0. The standard InChI is InChI=1S/C26H26N4O3/c1-15-4-8-17(9-5-15)28-25(33)19-14-27-30-23(16-6-10-18(31)11-7-16)22-20(29-24(19)30)12-26(2,3)13-21(22)32/h4-11,14,23,29,31H,12-13H2,1-3H3,(H,28,33)/t23-/m0/s1. The number of hydrogen-bond acceptors (Lipinski definition) is 5. The molecule has 1 aromatic heterocycles. The van der Waals surface area contributed by atoms with Crippen LogP contribution in [-0.2, 0) is 4.79 Å². The maximum Gasteiger partial charge on any atom is 0.261 e. The number of fused-ring (bicyclic) bond motifs is 1. The number of hydrogen-bond donors (Lipinski definition) is 3. The molecule has 1 aliphatic heterocycles. The van der Waals surface area contributed by atoms with Gasteiger partial charge in [-0.2, -0.15) is 5.10 Å². The molecule has 2 aromatic carbocycles. The van der Waals surface area contributed by atoms with E-state index in [0.29, 0.717) is 35.5 Å². The number of ketones is 1. The van der Waals surface area contributed by atoms with E-state index in [1.165, 1.54) is 6.20 Å². The molecular weight excluding hydrogens is 416 g/mol. The highest BCUT2D eigenvalue weighted by Gasteiger charge is 2.42. The molecule has 0 saturated heterocycles. The third-order valence-electron chi connectivity index (χ3n) is 6.27. The molecular formula is C26H26N4O3. The van der Waals surface area contributed by atoms with Gasteiger partial charge < -0.3 is 15.7 Å². The number of carbonyl (C=O) groups excluding carboxylic acids is 2. The monoisotopic (exact) mass is 442 g/mol. The van der Waals surface area contributed by atoms with Crippen molar-refractivity contribution in [2.24, 2.45) is 5.41 Å². The van der Waals surface area contributed by atoms with Gasteiger partial charge in [-0.15, -0.1) is 0 Å². The van der Waals surface area contributed by atoms with E-state index in [1.54, 1.807) is 28.9 Å². The van der Waals surface area contributed by atoms with Gasteiger partial charge in [0.25, 0.3) is 5.91 Å². The highest BCUT2D eigenvalue weighted by atomic mass is 16.3.